The SMILES string of the molecule is CCCSP(=O)(OCC)Oc1cc(C)c(C#N)c(C)c1Cl. The highest BCUT2D eigenvalue weighted by Crippen LogP contribution is 2.61. The molecule has 0 aliphatic heterocycles. The second-order valence-electron chi connectivity index (χ2n) is 4.41. The van der Waals surface area contributed by atoms with Crippen molar-refractivity contribution in [1.82, 2.24) is 0 Å². The Labute approximate surface area is 135 Å². The standard InChI is InChI=1S/C14H19ClNO3PS/c1-5-7-21-20(17,18-6-2)19-13-8-10(3)12(9-16)11(4)14(13)15/h8H,5-7H2,1-4H3. The molecule has 0 spiro atoms. The summed E-state index contributed by atoms with van der Waals surface area (Å²) in [5.74, 6) is 0.967. The van der Waals surface area contributed by atoms with Crippen molar-refractivity contribution in [3.63, 3.8) is 0 Å². The van der Waals surface area contributed by atoms with Gasteiger partial charge in [0.2, 0.25) is 0 Å². The molecule has 0 bridgehead atoms. The fourth-order valence-electron chi connectivity index (χ4n) is 1.73. The fourth-order valence-corrected chi connectivity index (χ4v) is 5.42. The van der Waals surface area contributed by atoms with E-state index >= 15 is 0 Å². The highest BCUT2D eigenvalue weighted by Gasteiger charge is 2.28. The van der Waals surface area contributed by atoms with Gasteiger partial charge in [-0.3, -0.25) is 4.52 Å². The van der Waals surface area contributed by atoms with Gasteiger partial charge in [0.1, 0.15) is 5.75 Å². The number of nitriles is 1. The van der Waals surface area contributed by atoms with E-state index in [-0.39, 0.29) is 0 Å². The zero-order chi connectivity index (χ0) is 16.0. The second-order valence-corrected chi connectivity index (χ2v) is 8.90. The number of rotatable bonds is 7. The van der Waals surface area contributed by atoms with Crippen LogP contribution in [0.4, 0.5) is 0 Å². The molecule has 116 valence electrons. The van der Waals surface area contributed by atoms with Gasteiger partial charge in [-0.15, -0.1) is 0 Å². The molecule has 0 heterocycles. The average Bonchev–Trinajstić information content (AvgIpc) is 2.43. The van der Waals surface area contributed by atoms with Gasteiger partial charge in [0.25, 0.3) is 0 Å². The average molecular weight is 348 g/mol. The number of nitrogens with zero attached hydrogens (tertiary/aromatic N) is 1. The predicted molar refractivity (Wildman–Crippen MR) is 88.3 cm³/mol. The van der Waals surface area contributed by atoms with Crippen LogP contribution in [0.15, 0.2) is 6.07 Å². The van der Waals surface area contributed by atoms with Crippen LogP contribution >= 0.6 is 29.8 Å². The molecule has 0 saturated carbocycles. The zero-order valence-electron chi connectivity index (χ0n) is 12.6. The number of hydrogen-bond acceptors (Lipinski definition) is 5. The highest BCUT2D eigenvalue weighted by molar-refractivity contribution is 8.55. The minimum absolute atomic E-state index is 0.292. The van der Waals surface area contributed by atoms with Crippen molar-refractivity contribution >= 4 is 29.8 Å². The molecule has 0 N–H and O–H groups in total. The third kappa shape index (κ3) is 4.66. The highest BCUT2D eigenvalue weighted by atomic mass is 35.5. The van der Waals surface area contributed by atoms with Crippen LogP contribution in [0, 0.1) is 25.2 Å². The van der Waals surface area contributed by atoms with Gasteiger partial charge in [0.15, 0.2) is 0 Å². The van der Waals surface area contributed by atoms with Crippen molar-refractivity contribution in [2.75, 3.05) is 12.4 Å². The Morgan fingerprint density at radius 2 is 2.10 bits per heavy atom. The molecule has 1 atom stereocenters. The van der Waals surface area contributed by atoms with Crippen LogP contribution in [-0.2, 0) is 9.09 Å². The van der Waals surface area contributed by atoms with Crippen molar-refractivity contribution in [1.29, 1.82) is 5.26 Å². The molecule has 1 rings (SSSR count). The first-order valence-electron chi connectivity index (χ1n) is 6.67. The van der Waals surface area contributed by atoms with E-state index in [0.717, 1.165) is 23.4 Å². The van der Waals surface area contributed by atoms with Crippen LogP contribution in [0.2, 0.25) is 5.02 Å². The van der Waals surface area contributed by atoms with Crippen LogP contribution < -0.4 is 4.52 Å². The number of benzene rings is 1. The van der Waals surface area contributed by atoms with Gasteiger partial charge in [-0.1, -0.05) is 18.5 Å². The van der Waals surface area contributed by atoms with E-state index in [1.54, 1.807) is 26.8 Å². The van der Waals surface area contributed by atoms with Crippen molar-refractivity contribution in [2.24, 2.45) is 0 Å². The van der Waals surface area contributed by atoms with E-state index in [0.29, 0.717) is 34.3 Å². The van der Waals surface area contributed by atoms with Crippen molar-refractivity contribution in [2.45, 2.75) is 34.1 Å². The number of hydrogen-bond donors (Lipinski definition) is 0. The summed E-state index contributed by atoms with van der Waals surface area (Å²) in [5, 5.41) is 9.41. The quantitative estimate of drug-likeness (QED) is 0.610. The lowest BCUT2D eigenvalue weighted by Crippen LogP contribution is -1.99. The largest absolute Gasteiger partial charge is 0.440 e. The van der Waals surface area contributed by atoms with Crippen LogP contribution in [-0.4, -0.2) is 12.4 Å². The summed E-state index contributed by atoms with van der Waals surface area (Å²) in [6.07, 6.45) is 0.865. The van der Waals surface area contributed by atoms with Crippen LogP contribution in [0.3, 0.4) is 0 Å². The molecule has 0 amide bonds. The normalized spacial score (nSPS) is 13.5. The lowest BCUT2D eigenvalue weighted by molar-refractivity contribution is 0.296. The smallest absolute Gasteiger partial charge is 0.415 e. The summed E-state index contributed by atoms with van der Waals surface area (Å²) in [4.78, 5) is 0. The Kier molecular flexibility index (Phi) is 7.09. The Morgan fingerprint density at radius 3 is 2.62 bits per heavy atom. The van der Waals surface area contributed by atoms with E-state index in [4.69, 9.17) is 25.9 Å². The molecule has 0 saturated heterocycles. The molecule has 1 aromatic carbocycles. The number of aryl methyl sites for hydroxylation is 1. The van der Waals surface area contributed by atoms with E-state index in [1.807, 2.05) is 6.92 Å². The fraction of sp³-hybridized carbons (Fsp3) is 0.500. The first-order valence-corrected chi connectivity index (χ1v) is 10.2. The van der Waals surface area contributed by atoms with Gasteiger partial charge in [0, 0.05) is 5.75 Å². The predicted octanol–water partition coefficient (Wildman–Crippen LogP) is 5.50. The van der Waals surface area contributed by atoms with E-state index in [9.17, 15) is 4.57 Å². The summed E-state index contributed by atoms with van der Waals surface area (Å²) in [5.41, 5.74) is 1.87. The molecule has 0 radical (unpaired) electrons. The molecule has 0 fully saturated rings. The second kappa shape index (κ2) is 8.10. The lowest BCUT2D eigenvalue weighted by atomic mass is 10.0. The molecular formula is C14H19ClNO3PS. The summed E-state index contributed by atoms with van der Waals surface area (Å²) < 4.78 is 23.6. The van der Waals surface area contributed by atoms with Gasteiger partial charge >= 0.3 is 6.80 Å². The third-order valence-electron chi connectivity index (χ3n) is 2.73. The van der Waals surface area contributed by atoms with E-state index in [1.165, 1.54) is 0 Å². The minimum Gasteiger partial charge on any atom is -0.415 e. The Hall–Kier alpha value is -0.660. The van der Waals surface area contributed by atoms with Crippen molar-refractivity contribution < 1.29 is 13.6 Å². The van der Waals surface area contributed by atoms with Gasteiger partial charge in [-0.05, 0) is 55.8 Å². The molecule has 1 unspecified atom stereocenters. The summed E-state index contributed by atoms with van der Waals surface area (Å²) >= 11 is 7.39. The Morgan fingerprint density at radius 1 is 1.43 bits per heavy atom. The monoisotopic (exact) mass is 347 g/mol. The molecule has 4 nitrogen and oxygen atoms in total. The van der Waals surface area contributed by atoms with E-state index < -0.39 is 6.80 Å². The van der Waals surface area contributed by atoms with Crippen LogP contribution in [0.1, 0.15) is 37.0 Å². The number of halogens is 1. The van der Waals surface area contributed by atoms with Crippen molar-refractivity contribution in [3.8, 4) is 11.8 Å². The van der Waals surface area contributed by atoms with E-state index in [2.05, 4.69) is 6.07 Å². The maximum absolute atomic E-state index is 12.7. The first-order chi connectivity index (χ1) is 9.88. The molecule has 7 heteroatoms. The van der Waals surface area contributed by atoms with Crippen LogP contribution in [0.25, 0.3) is 0 Å². The minimum atomic E-state index is -3.30. The molecule has 0 aliphatic rings. The Bertz CT molecular complexity index is 601. The lowest BCUT2D eigenvalue weighted by Gasteiger charge is -2.19. The van der Waals surface area contributed by atoms with Gasteiger partial charge in [-0.25, -0.2) is 4.57 Å². The third-order valence-corrected chi connectivity index (χ3v) is 7.13. The first kappa shape index (κ1) is 18.4. The molecule has 0 aliphatic carbocycles. The molecule has 0 aromatic heterocycles. The summed E-state index contributed by atoms with van der Waals surface area (Å²) in [6, 6.07) is 3.74. The zero-order valence-corrected chi connectivity index (χ0v) is 15.1. The van der Waals surface area contributed by atoms with Gasteiger partial charge < -0.3 is 4.52 Å². The topological polar surface area (TPSA) is 59.3 Å². The molecular weight excluding hydrogens is 329 g/mol. The summed E-state index contributed by atoms with van der Waals surface area (Å²) in [6.45, 7) is 4.28. The maximum Gasteiger partial charge on any atom is 0.440 e. The maximum atomic E-state index is 12.7. The van der Waals surface area contributed by atoms with Gasteiger partial charge in [0.05, 0.1) is 23.3 Å². The van der Waals surface area contributed by atoms with Gasteiger partial charge in [-0.2, -0.15) is 5.26 Å². The Balaban J connectivity index is 3.16. The van der Waals surface area contributed by atoms with Crippen LogP contribution in [0.5, 0.6) is 5.75 Å². The molecule has 1 aromatic rings. The molecule has 21 heavy (non-hydrogen) atoms. The summed E-state index contributed by atoms with van der Waals surface area (Å²) in [7, 11) is 0. The van der Waals surface area contributed by atoms with Crippen molar-refractivity contribution in [3.05, 3.63) is 27.8 Å².